The molecule has 1 aliphatic rings. The third kappa shape index (κ3) is 3.51. The lowest BCUT2D eigenvalue weighted by Crippen LogP contribution is -2.31. The summed E-state index contributed by atoms with van der Waals surface area (Å²) >= 11 is 7.42. The summed E-state index contributed by atoms with van der Waals surface area (Å²) in [6.45, 7) is 0.354. The van der Waals surface area contributed by atoms with Gasteiger partial charge in [0.05, 0.1) is 11.6 Å². The van der Waals surface area contributed by atoms with Gasteiger partial charge in [-0.05, 0) is 53.8 Å². The Labute approximate surface area is 193 Å². The highest BCUT2D eigenvalue weighted by Gasteiger charge is 2.46. The van der Waals surface area contributed by atoms with E-state index in [0.717, 1.165) is 21.3 Å². The summed E-state index contributed by atoms with van der Waals surface area (Å²) in [4.78, 5) is 31.7. The molecule has 0 aliphatic carbocycles. The van der Waals surface area contributed by atoms with E-state index in [-0.39, 0.29) is 11.3 Å². The fourth-order valence-electron chi connectivity index (χ4n) is 4.20. The number of Topliss-reactive ketones (excluding diaryl/α,β-unsaturated/α-hetero) is 1. The normalized spacial score (nSPS) is 18.0. The van der Waals surface area contributed by atoms with Crippen molar-refractivity contribution in [2.45, 2.75) is 12.5 Å². The Kier molecular flexibility index (Phi) is 5.33. The monoisotopic (exact) mass is 462 g/mol. The molecule has 2 aromatic carbocycles. The number of benzene rings is 2. The van der Waals surface area contributed by atoms with Crippen LogP contribution in [0.25, 0.3) is 16.7 Å². The molecule has 0 bridgehead atoms. The second kappa shape index (κ2) is 8.30. The molecular weight excluding hydrogens is 444 g/mol. The first-order valence-corrected chi connectivity index (χ1v) is 11.4. The van der Waals surface area contributed by atoms with E-state index in [4.69, 9.17) is 11.6 Å². The first kappa shape index (κ1) is 20.5. The molecule has 7 heteroatoms. The molecule has 3 heterocycles. The number of hydrogen-bond donors (Lipinski definition) is 2. The molecule has 2 N–H and O–H groups in total. The summed E-state index contributed by atoms with van der Waals surface area (Å²) in [5, 5.41) is 14.5. The average molecular weight is 463 g/mol. The highest BCUT2D eigenvalue weighted by atomic mass is 35.5. The Morgan fingerprint density at radius 2 is 1.84 bits per heavy atom. The Morgan fingerprint density at radius 1 is 1.06 bits per heavy atom. The van der Waals surface area contributed by atoms with Crippen LogP contribution in [0.3, 0.4) is 0 Å². The van der Waals surface area contributed by atoms with Crippen LogP contribution >= 0.6 is 22.9 Å². The van der Waals surface area contributed by atoms with Crippen LogP contribution in [0.5, 0.6) is 0 Å². The van der Waals surface area contributed by atoms with Gasteiger partial charge in [0.2, 0.25) is 0 Å². The summed E-state index contributed by atoms with van der Waals surface area (Å²) in [5.41, 5.74) is 2.66. The zero-order valence-electron chi connectivity index (χ0n) is 16.9. The van der Waals surface area contributed by atoms with Gasteiger partial charge in [-0.25, -0.2) is 0 Å². The predicted molar refractivity (Wildman–Crippen MR) is 127 cm³/mol. The Morgan fingerprint density at radius 3 is 2.59 bits per heavy atom. The molecule has 0 saturated carbocycles. The highest BCUT2D eigenvalue weighted by Crippen LogP contribution is 2.41. The number of H-pyrrole nitrogens is 1. The second-order valence-corrected chi connectivity index (χ2v) is 9.04. The van der Waals surface area contributed by atoms with E-state index in [1.165, 1.54) is 11.3 Å². The summed E-state index contributed by atoms with van der Waals surface area (Å²) in [6.07, 6.45) is 2.52. The second-order valence-electron chi connectivity index (χ2n) is 7.62. The molecular formula is C25H19ClN2O3S. The standard InChI is InChI=1S/C25H19ClN2O3S/c26-17-9-7-15(8-10-17)23(29)21-22(20-6-3-13-32-20)28(25(31)24(21)30)12-11-16-14-27-19-5-2-1-4-18(16)19/h1-10,13-14,22,27,29H,11-12H2/t22-/m1/s1. The van der Waals surface area contributed by atoms with Crippen molar-refractivity contribution < 1.29 is 14.7 Å². The first-order chi connectivity index (χ1) is 15.5. The summed E-state index contributed by atoms with van der Waals surface area (Å²) in [7, 11) is 0. The van der Waals surface area contributed by atoms with Gasteiger partial charge in [0.15, 0.2) is 0 Å². The van der Waals surface area contributed by atoms with Crippen molar-refractivity contribution in [3.05, 3.63) is 98.8 Å². The molecule has 32 heavy (non-hydrogen) atoms. The number of para-hydroxylation sites is 1. The summed E-state index contributed by atoms with van der Waals surface area (Å²) in [5.74, 6) is -1.46. The minimum atomic E-state index is -0.672. The van der Waals surface area contributed by atoms with Crippen LogP contribution in [-0.2, 0) is 16.0 Å². The van der Waals surface area contributed by atoms with Crippen LogP contribution in [0.4, 0.5) is 0 Å². The summed E-state index contributed by atoms with van der Waals surface area (Å²) < 4.78 is 0. The average Bonchev–Trinajstić information content (AvgIpc) is 3.52. The molecule has 0 spiro atoms. The van der Waals surface area contributed by atoms with Crippen LogP contribution in [0.1, 0.15) is 22.0 Å². The maximum atomic E-state index is 13.0. The van der Waals surface area contributed by atoms with Gasteiger partial charge >= 0.3 is 0 Å². The number of aromatic nitrogens is 1. The Bertz CT molecular complexity index is 1340. The van der Waals surface area contributed by atoms with Gasteiger partial charge in [-0.15, -0.1) is 11.3 Å². The SMILES string of the molecule is O=C1C(=O)N(CCc2c[nH]c3ccccc23)[C@H](c2cccs2)C1=C(O)c1ccc(Cl)cc1. The molecule has 4 aromatic rings. The molecule has 1 amide bonds. The van der Waals surface area contributed by atoms with Crippen molar-refractivity contribution in [1.82, 2.24) is 9.88 Å². The van der Waals surface area contributed by atoms with Crippen molar-refractivity contribution in [2.24, 2.45) is 0 Å². The Hall–Kier alpha value is -3.35. The molecule has 160 valence electrons. The molecule has 5 nitrogen and oxygen atoms in total. The van der Waals surface area contributed by atoms with Crippen LogP contribution in [-0.4, -0.2) is 33.2 Å². The van der Waals surface area contributed by atoms with Crippen LogP contribution in [0.15, 0.2) is 77.8 Å². The van der Waals surface area contributed by atoms with Gasteiger partial charge in [0, 0.05) is 39.1 Å². The van der Waals surface area contributed by atoms with E-state index >= 15 is 0 Å². The van der Waals surface area contributed by atoms with Crippen molar-refractivity contribution in [3.8, 4) is 0 Å². The smallest absolute Gasteiger partial charge is 0.295 e. The van der Waals surface area contributed by atoms with E-state index in [0.29, 0.717) is 23.6 Å². The maximum absolute atomic E-state index is 13.0. The molecule has 2 aromatic heterocycles. The van der Waals surface area contributed by atoms with Gasteiger partial charge in [0.1, 0.15) is 5.76 Å². The van der Waals surface area contributed by atoms with Gasteiger partial charge in [0.25, 0.3) is 11.7 Å². The third-order valence-electron chi connectivity index (χ3n) is 5.77. The van der Waals surface area contributed by atoms with Crippen molar-refractivity contribution >= 4 is 51.3 Å². The molecule has 0 unspecified atom stereocenters. The lowest BCUT2D eigenvalue weighted by molar-refractivity contribution is -0.139. The molecule has 1 atom stereocenters. The lowest BCUT2D eigenvalue weighted by Gasteiger charge is -2.24. The van der Waals surface area contributed by atoms with Gasteiger partial charge in [-0.3, -0.25) is 9.59 Å². The van der Waals surface area contributed by atoms with Crippen LogP contribution in [0, 0.1) is 0 Å². The molecule has 1 fully saturated rings. The number of nitrogens with one attached hydrogen (secondary N) is 1. The number of amides is 1. The largest absolute Gasteiger partial charge is 0.507 e. The number of carbonyl (C=O) groups excluding carboxylic acids is 2. The summed E-state index contributed by atoms with van der Waals surface area (Å²) in [6, 6.07) is 17.7. The third-order valence-corrected chi connectivity index (χ3v) is 6.94. The molecule has 1 saturated heterocycles. The van der Waals surface area contributed by atoms with Crippen molar-refractivity contribution in [1.29, 1.82) is 0 Å². The zero-order chi connectivity index (χ0) is 22.2. The number of aliphatic hydroxyl groups is 1. The zero-order valence-corrected chi connectivity index (χ0v) is 18.5. The van der Waals surface area contributed by atoms with E-state index in [1.54, 1.807) is 29.2 Å². The van der Waals surface area contributed by atoms with Gasteiger partial charge in [-0.2, -0.15) is 0 Å². The first-order valence-electron chi connectivity index (χ1n) is 10.2. The molecule has 5 rings (SSSR count). The topological polar surface area (TPSA) is 73.4 Å². The van der Waals surface area contributed by atoms with E-state index in [9.17, 15) is 14.7 Å². The number of ketones is 1. The quantitative estimate of drug-likeness (QED) is 0.232. The number of likely N-dealkylation sites (tertiary alicyclic amines) is 1. The number of halogens is 1. The van der Waals surface area contributed by atoms with Crippen molar-refractivity contribution in [3.63, 3.8) is 0 Å². The number of nitrogens with zero attached hydrogens (tertiary/aromatic N) is 1. The number of thiophene rings is 1. The van der Waals surface area contributed by atoms with Crippen LogP contribution in [0.2, 0.25) is 5.02 Å². The van der Waals surface area contributed by atoms with E-state index in [1.807, 2.05) is 48.0 Å². The maximum Gasteiger partial charge on any atom is 0.295 e. The fraction of sp³-hybridized carbons (Fsp3) is 0.120. The predicted octanol–water partition coefficient (Wildman–Crippen LogP) is 5.55. The number of hydrogen-bond acceptors (Lipinski definition) is 4. The number of carbonyl (C=O) groups is 2. The van der Waals surface area contributed by atoms with Gasteiger partial charge in [-0.1, -0.05) is 35.9 Å². The van der Waals surface area contributed by atoms with E-state index < -0.39 is 17.7 Å². The highest BCUT2D eigenvalue weighted by molar-refractivity contribution is 7.10. The van der Waals surface area contributed by atoms with Crippen LogP contribution < -0.4 is 0 Å². The molecule has 1 aliphatic heterocycles. The number of rotatable bonds is 5. The number of fused-ring (bicyclic) bond motifs is 1. The van der Waals surface area contributed by atoms with Gasteiger partial charge < -0.3 is 15.0 Å². The Balaban J connectivity index is 1.53. The molecule has 0 radical (unpaired) electrons. The number of aliphatic hydroxyl groups excluding tert-OH is 1. The lowest BCUT2D eigenvalue weighted by atomic mass is 10.00. The minimum absolute atomic E-state index is 0.110. The minimum Gasteiger partial charge on any atom is -0.507 e. The number of aromatic amines is 1. The fourth-order valence-corrected chi connectivity index (χ4v) is 5.17. The van der Waals surface area contributed by atoms with E-state index in [2.05, 4.69) is 4.98 Å². The van der Waals surface area contributed by atoms with Crippen molar-refractivity contribution in [2.75, 3.05) is 6.54 Å².